The molecule has 0 radical (unpaired) electrons. The summed E-state index contributed by atoms with van der Waals surface area (Å²) in [6.07, 6.45) is 1.94. The van der Waals surface area contributed by atoms with E-state index in [-0.39, 0.29) is 5.78 Å². The van der Waals surface area contributed by atoms with Gasteiger partial charge in [-0.05, 0) is 25.4 Å². The van der Waals surface area contributed by atoms with Crippen molar-refractivity contribution in [3.63, 3.8) is 0 Å². The van der Waals surface area contributed by atoms with Crippen molar-refractivity contribution in [3.8, 4) is 5.75 Å². The van der Waals surface area contributed by atoms with Gasteiger partial charge in [0.25, 0.3) is 0 Å². The monoisotopic (exact) mass is 225 g/mol. The summed E-state index contributed by atoms with van der Waals surface area (Å²) in [5.74, 6) is 0.838. The normalized spacial score (nSPS) is 10.1. The number of thioether (sulfide) groups is 1. The molecule has 0 fully saturated rings. The molecule has 15 heavy (non-hydrogen) atoms. The highest BCUT2D eigenvalue weighted by Gasteiger charge is 2.13. The summed E-state index contributed by atoms with van der Waals surface area (Å²) in [7, 11) is 3.37. The molecule has 0 aliphatic carbocycles. The molecule has 0 heterocycles. The van der Waals surface area contributed by atoms with Crippen LogP contribution in [0.2, 0.25) is 0 Å². The first kappa shape index (κ1) is 12.1. The van der Waals surface area contributed by atoms with Crippen LogP contribution in [0.1, 0.15) is 10.4 Å². The van der Waals surface area contributed by atoms with Crippen LogP contribution in [0.25, 0.3) is 0 Å². The Bertz CT molecular complexity index is 352. The van der Waals surface area contributed by atoms with E-state index in [0.717, 1.165) is 16.2 Å². The zero-order valence-corrected chi connectivity index (χ0v) is 9.98. The summed E-state index contributed by atoms with van der Waals surface area (Å²) in [5.41, 5.74) is 0.719. The number of carbonyl (C=O) groups excluding carboxylic acids is 1. The number of ketones is 1. The van der Waals surface area contributed by atoms with Gasteiger partial charge < -0.3 is 10.1 Å². The number of rotatable bonds is 5. The molecule has 0 unspecified atom stereocenters. The number of benzene rings is 1. The molecule has 1 N–H and O–H groups in total. The lowest BCUT2D eigenvalue weighted by Gasteiger charge is -2.10. The van der Waals surface area contributed by atoms with E-state index in [4.69, 9.17) is 4.74 Å². The Kier molecular flexibility index (Phi) is 4.65. The van der Waals surface area contributed by atoms with E-state index < -0.39 is 0 Å². The van der Waals surface area contributed by atoms with Gasteiger partial charge in [0, 0.05) is 5.56 Å². The maximum Gasteiger partial charge on any atom is 0.177 e. The van der Waals surface area contributed by atoms with Crippen molar-refractivity contribution in [2.24, 2.45) is 0 Å². The molecular formula is C11H15NO2S. The third-order valence-corrected chi connectivity index (χ3v) is 2.87. The van der Waals surface area contributed by atoms with Gasteiger partial charge in [0.1, 0.15) is 5.75 Å². The van der Waals surface area contributed by atoms with Crippen LogP contribution in [0.15, 0.2) is 23.1 Å². The molecule has 1 aromatic rings. The lowest BCUT2D eigenvalue weighted by molar-refractivity contribution is 0.0990. The first-order valence-corrected chi connectivity index (χ1v) is 5.85. The molecule has 1 rings (SSSR count). The zero-order chi connectivity index (χ0) is 11.3. The van der Waals surface area contributed by atoms with Crippen LogP contribution < -0.4 is 10.1 Å². The maximum atomic E-state index is 11.8. The molecule has 1 aromatic carbocycles. The molecule has 0 bridgehead atoms. The van der Waals surface area contributed by atoms with Gasteiger partial charge in [0.15, 0.2) is 5.78 Å². The Balaban J connectivity index is 3.11. The van der Waals surface area contributed by atoms with E-state index in [9.17, 15) is 4.79 Å². The third kappa shape index (κ3) is 2.73. The van der Waals surface area contributed by atoms with Crippen molar-refractivity contribution < 1.29 is 9.53 Å². The van der Waals surface area contributed by atoms with Crippen LogP contribution in [0.5, 0.6) is 5.75 Å². The minimum absolute atomic E-state index is 0.0840. The fourth-order valence-corrected chi connectivity index (χ4v) is 2.12. The predicted octanol–water partition coefficient (Wildman–Crippen LogP) is 1.82. The Morgan fingerprint density at radius 1 is 1.53 bits per heavy atom. The molecule has 0 saturated heterocycles. The molecule has 0 atom stereocenters. The largest absolute Gasteiger partial charge is 0.496 e. The van der Waals surface area contributed by atoms with Crippen molar-refractivity contribution in [1.29, 1.82) is 0 Å². The highest BCUT2D eigenvalue weighted by atomic mass is 32.2. The summed E-state index contributed by atoms with van der Waals surface area (Å²) in [6.45, 7) is 0.348. The fraction of sp³-hybridized carbons (Fsp3) is 0.364. The van der Waals surface area contributed by atoms with E-state index in [1.165, 1.54) is 11.8 Å². The summed E-state index contributed by atoms with van der Waals surface area (Å²) >= 11 is 1.53. The first-order valence-electron chi connectivity index (χ1n) is 4.63. The number of Topliss-reactive ketones (excluding diaryl/α,β-unsaturated/α-hetero) is 1. The van der Waals surface area contributed by atoms with Crippen LogP contribution in [0, 0.1) is 0 Å². The highest BCUT2D eigenvalue weighted by Crippen LogP contribution is 2.31. The fourth-order valence-electron chi connectivity index (χ4n) is 1.36. The Morgan fingerprint density at radius 3 is 2.80 bits per heavy atom. The molecule has 0 aliphatic rings. The molecule has 82 valence electrons. The number of methoxy groups -OCH3 is 1. The van der Waals surface area contributed by atoms with E-state index in [1.54, 1.807) is 14.2 Å². The molecule has 0 spiro atoms. The van der Waals surface area contributed by atoms with Crippen LogP contribution in [-0.4, -0.2) is 32.7 Å². The van der Waals surface area contributed by atoms with Gasteiger partial charge >= 0.3 is 0 Å². The van der Waals surface area contributed by atoms with Crippen molar-refractivity contribution >= 4 is 17.5 Å². The van der Waals surface area contributed by atoms with Gasteiger partial charge in [0.05, 0.1) is 18.6 Å². The van der Waals surface area contributed by atoms with Gasteiger partial charge in [0.2, 0.25) is 0 Å². The van der Waals surface area contributed by atoms with Gasteiger partial charge in [-0.25, -0.2) is 0 Å². The van der Waals surface area contributed by atoms with Gasteiger partial charge in [-0.15, -0.1) is 11.8 Å². The Morgan fingerprint density at radius 2 is 2.27 bits per heavy atom. The second-order valence-electron chi connectivity index (χ2n) is 2.99. The van der Waals surface area contributed by atoms with Crippen LogP contribution in [0.4, 0.5) is 0 Å². The molecule has 0 aliphatic heterocycles. The summed E-state index contributed by atoms with van der Waals surface area (Å²) in [6, 6.07) is 5.53. The minimum atomic E-state index is 0.0840. The van der Waals surface area contributed by atoms with E-state index in [1.807, 2.05) is 24.5 Å². The molecule has 3 nitrogen and oxygen atoms in total. The predicted molar refractivity (Wildman–Crippen MR) is 63.0 cm³/mol. The highest BCUT2D eigenvalue weighted by molar-refractivity contribution is 7.98. The second-order valence-corrected chi connectivity index (χ2v) is 3.81. The molecule has 0 saturated carbocycles. The average molecular weight is 225 g/mol. The van der Waals surface area contributed by atoms with Crippen molar-refractivity contribution in [2.45, 2.75) is 4.90 Å². The van der Waals surface area contributed by atoms with E-state index >= 15 is 0 Å². The molecular weight excluding hydrogens is 210 g/mol. The molecule has 0 amide bonds. The van der Waals surface area contributed by atoms with Crippen molar-refractivity contribution in [1.82, 2.24) is 5.32 Å². The molecule has 0 aromatic heterocycles. The topological polar surface area (TPSA) is 38.3 Å². The van der Waals surface area contributed by atoms with Gasteiger partial charge in [-0.3, -0.25) is 4.79 Å². The average Bonchev–Trinajstić information content (AvgIpc) is 2.28. The lowest BCUT2D eigenvalue weighted by Crippen LogP contribution is -2.19. The number of likely N-dealkylation sites (N-methyl/N-ethyl adjacent to an activating group) is 1. The van der Waals surface area contributed by atoms with Crippen molar-refractivity contribution in [2.75, 3.05) is 27.0 Å². The number of nitrogens with one attached hydrogen (secondary N) is 1. The van der Waals surface area contributed by atoms with Crippen LogP contribution in [0.3, 0.4) is 0 Å². The number of hydrogen-bond donors (Lipinski definition) is 1. The van der Waals surface area contributed by atoms with Crippen LogP contribution in [-0.2, 0) is 0 Å². The van der Waals surface area contributed by atoms with Crippen LogP contribution >= 0.6 is 11.8 Å². The minimum Gasteiger partial charge on any atom is -0.496 e. The first-order chi connectivity index (χ1) is 7.24. The Labute approximate surface area is 94.2 Å². The quantitative estimate of drug-likeness (QED) is 0.613. The smallest absolute Gasteiger partial charge is 0.177 e. The number of carbonyl (C=O) groups is 1. The SMILES string of the molecule is CNCC(=O)c1cccc(OC)c1SC. The zero-order valence-electron chi connectivity index (χ0n) is 9.16. The maximum absolute atomic E-state index is 11.8. The van der Waals surface area contributed by atoms with E-state index in [0.29, 0.717) is 6.54 Å². The summed E-state index contributed by atoms with van der Waals surface area (Å²) in [5, 5.41) is 2.86. The van der Waals surface area contributed by atoms with Crippen molar-refractivity contribution in [3.05, 3.63) is 23.8 Å². The summed E-state index contributed by atoms with van der Waals surface area (Å²) in [4.78, 5) is 12.7. The van der Waals surface area contributed by atoms with E-state index in [2.05, 4.69) is 5.32 Å². The molecule has 4 heteroatoms. The van der Waals surface area contributed by atoms with Gasteiger partial charge in [-0.2, -0.15) is 0 Å². The third-order valence-electron chi connectivity index (χ3n) is 2.04. The number of hydrogen-bond acceptors (Lipinski definition) is 4. The lowest BCUT2D eigenvalue weighted by atomic mass is 10.1. The summed E-state index contributed by atoms with van der Waals surface area (Å²) < 4.78 is 5.21. The Hall–Kier alpha value is -1.00. The number of ether oxygens (including phenoxy) is 1. The van der Waals surface area contributed by atoms with Gasteiger partial charge in [-0.1, -0.05) is 6.07 Å². The second kappa shape index (κ2) is 5.78. The standard InChI is InChI=1S/C11H15NO2S/c1-12-7-9(13)8-5-4-6-10(14-2)11(8)15-3/h4-6,12H,7H2,1-3H3.